The van der Waals surface area contributed by atoms with Crippen molar-refractivity contribution in [1.29, 1.82) is 0 Å². The van der Waals surface area contributed by atoms with Crippen LogP contribution in [0.15, 0.2) is 54.6 Å². The van der Waals surface area contributed by atoms with Gasteiger partial charge in [0.15, 0.2) is 0 Å². The van der Waals surface area contributed by atoms with E-state index in [-0.39, 0.29) is 5.91 Å². The highest BCUT2D eigenvalue weighted by Crippen LogP contribution is 2.51. The van der Waals surface area contributed by atoms with Gasteiger partial charge in [0.25, 0.3) is 5.91 Å². The Bertz CT molecular complexity index is 1240. The largest absolute Gasteiger partial charge is 0.496 e. The molecule has 0 fully saturated rings. The van der Waals surface area contributed by atoms with Crippen LogP contribution in [0, 0.1) is 0 Å². The van der Waals surface area contributed by atoms with Crippen LogP contribution in [0.4, 0.5) is 17.1 Å². The first kappa shape index (κ1) is 20.5. The molecule has 3 aromatic carbocycles. The Hall–Kier alpha value is -3.38. The second-order valence-corrected chi connectivity index (χ2v) is 8.87. The molecule has 32 heavy (non-hydrogen) atoms. The average Bonchev–Trinajstić information content (AvgIpc) is 3.18. The molecule has 0 atom stereocenters. The van der Waals surface area contributed by atoms with E-state index in [0.717, 1.165) is 39.5 Å². The summed E-state index contributed by atoms with van der Waals surface area (Å²) in [6.45, 7) is 4.28. The van der Waals surface area contributed by atoms with Crippen LogP contribution < -0.4 is 24.8 Å². The summed E-state index contributed by atoms with van der Waals surface area (Å²) in [6.07, 6.45) is 0. The molecule has 5 rings (SSSR count). The van der Waals surface area contributed by atoms with Gasteiger partial charge in [-0.2, -0.15) is 0 Å². The van der Waals surface area contributed by atoms with Gasteiger partial charge in [-0.05, 0) is 55.8 Å². The van der Waals surface area contributed by atoms with E-state index in [1.54, 1.807) is 19.2 Å². The van der Waals surface area contributed by atoms with E-state index in [1.165, 1.54) is 0 Å². The normalized spacial score (nSPS) is 16.0. The molecule has 2 aliphatic heterocycles. The lowest BCUT2D eigenvalue weighted by Gasteiger charge is -2.41. The highest BCUT2D eigenvalue weighted by molar-refractivity contribution is 6.31. The van der Waals surface area contributed by atoms with Gasteiger partial charge in [-0.15, -0.1) is 0 Å². The third kappa shape index (κ3) is 2.98. The Morgan fingerprint density at radius 3 is 2.47 bits per heavy atom. The van der Waals surface area contributed by atoms with Crippen LogP contribution >= 0.6 is 11.6 Å². The van der Waals surface area contributed by atoms with E-state index >= 15 is 0 Å². The molecule has 7 heteroatoms. The van der Waals surface area contributed by atoms with Gasteiger partial charge in [-0.25, -0.2) is 5.01 Å². The smallest absolute Gasteiger partial charge is 0.270 e. The fraction of sp³-hybridized carbons (Fsp3) is 0.240. The minimum atomic E-state index is -0.760. The lowest BCUT2D eigenvalue weighted by molar-refractivity contribution is -0.122. The minimum Gasteiger partial charge on any atom is -0.496 e. The number of benzene rings is 3. The maximum atomic E-state index is 13.6. The van der Waals surface area contributed by atoms with Gasteiger partial charge in [0.1, 0.15) is 22.7 Å². The lowest BCUT2D eigenvalue weighted by atomic mass is 9.93. The number of hydrogen-bond donors (Lipinski definition) is 1. The molecule has 0 aromatic heterocycles. The van der Waals surface area contributed by atoms with E-state index in [2.05, 4.69) is 11.4 Å². The molecule has 0 saturated carbocycles. The zero-order valence-corrected chi connectivity index (χ0v) is 19.2. The van der Waals surface area contributed by atoms with Crippen LogP contribution in [-0.4, -0.2) is 25.7 Å². The number of amides is 1. The quantitative estimate of drug-likeness (QED) is 0.570. The van der Waals surface area contributed by atoms with Gasteiger partial charge in [-0.3, -0.25) is 9.80 Å². The number of halogens is 1. The molecule has 0 saturated heterocycles. The molecule has 0 aliphatic carbocycles. The fourth-order valence-electron chi connectivity index (χ4n) is 4.53. The van der Waals surface area contributed by atoms with E-state index < -0.39 is 5.54 Å². The van der Waals surface area contributed by atoms with Crippen molar-refractivity contribution in [2.45, 2.75) is 25.9 Å². The summed E-state index contributed by atoms with van der Waals surface area (Å²) in [6, 6.07) is 17.4. The maximum Gasteiger partial charge on any atom is 0.270 e. The minimum absolute atomic E-state index is 0.0372. The van der Waals surface area contributed by atoms with Gasteiger partial charge in [0, 0.05) is 16.1 Å². The van der Waals surface area contributed by atoms with Crippen molar-refractivity contribution in [3.05, 3.63) is 65.2 Å². The monoisotopic (exact) mass is 449 g/mol. The van der Waals surface area contributed by atoms with Gasteiger partial charge in [0.05, 0.1) is 32.1 Å². The molecule has 3 aromatic rings. The summed E-state index contributed by atoms with van der Waals surface area (Å²) in [5.41, 5.74) is 4.70. The molecule has 1 N–H and O–H groups in total. The van der Waals surface area contributed by atoms with E-state index in [4.69, 9.17) is 21.1 Å². The van der Waals surface area contributed by atoms with Crippen molar-refractivity contribution in [3.8, 4) is 22.6 Å². The molecule has 0 spiro atoms. The van der Waals surface area contributed by atoms with E-state index in [0.29, 0.717) is 17.3 Å². The molecule has 0 unspecified atom stereocenters. The summed E-state index contributed by atoms with van der Waals surface area (Å²) in [7, 11) is 3.28. The first-order chi connectivity index (χ1) is 15.4. The SMILES string of the molecule is COc1ccc(Cl)cc1-c1ccc2c3c1CN(c1ccccc1OC)N3C(=O)C(C)(C)N2. The number of hydrogen-bond acceptors (Lipinski definition) is 5. The predicted octanol–water partition coefficient (Wildman–Crippen LogP) is 5.50. The van der Waals surface area contributed by atoms with E-state index in [9.17, 15) is 4.79 Å². The van der Waals surface area contributed by atoms with Crippen LogP contribution in [-0.2, 0) is 11.3 Å². The summed E-state index contributed by atoms with van der Waals surface area (Å²) < 4.78 is 11.2. The standard InChI is InChI=1S/C25H24ClN3O3/c1-25(2)24(30)29-23-18(14-28(29)20-7-5-6-8-22(20)32-4)16(10-11-19(23)27-25)17-13-15(26)9-12-21(17)31-3/h5-13,27H,14H2,1-4H3. The third-order valence-corrected chi connectivity index (χ3v) is 6.27. The first-order valence-electron chi connectivity index (χ1n) is 10.4. The first-order valence-corrected chi connectivity index (χ1v) is 10.8. The number of carbonyl (C=O) groups excluding carboxylic acids is 1. The highest BCUT2D eigenvalue weighted by atomic mass is 35.5. The molecule has 164 valence electrons. The van der Waals surface area contributed by atoms with Crippen molar-refractivity contribution in [2.24, 2.45) is 0 Å². The van der Waals surface area contributed by atoms with Crippen molar-refractivity contribution in [3.63, 3.8) is 0 Å². The number of anilines is 3. The number of para-hydroxylation sites is 2. The Balaban J connectivity index is 1.76. The number of rotatable bonds is 4. The second kappa shape index (κ2) is 7.35. The van der Waals surface area contributed by atoms with Crippen LogP contribution in [0.3, 0.4) is 0 Å². The van der Waals surface area contributed by atoms with Crippen molar-refractivity contribution < 1.29 is 14.3 Å². The zero-order chi connectivity index (χ0) is 22.6. The Morgan fingerprint density at radius 1 is 0.969 bits per heavy atom. The molecular weight excluding hydrogens is 426 g/mol. The highest BCUT2D eigenvalue weighted by Gasteiger charge is 2.47. The fourth-order valence-corrected chi connectivity index (χ4v) is 4.70. The molecule has 6 nitrogen and oxygen atoms in total. The number of methoxy groups -OCH3 is 2. The number of hydrazine groups is 1. The van der Waals surface area contributed by atoms with Gasteiger partial charge in [0.2, 0.25) is 0 Å². The van der Waals surface area contributed by atoms with Crippen molar-refractivity contribution >= 4 is 34.6 Å². The Kier molecular flexibility index (Phi) is 4.71. The van der Waals surface area contributed by atoms with Crippen LogP contribution in [0.25, 0.3) is 11.1 Å². The molecule has 2 aliphatic rings. The van der Waals surface area contributed by atoms with Crippen molar-refractivity contribution in [1.82, 2.24) is 0 Å². The molecule has 0 bridgehead atoms. The summed E-state index contributed by atoms with van der Waals surface area (Å²) in [5.74, 6) is 1.39. The van der Waals surface area contributed by atoms with Crippen LogP contribution in [0.1, 0.15) is 19.4 Å². The molecule has 1 amide bonds. The van der Waals surface area contributed by atoms with Crippen LogP contribution in [0.2, 0.25) is 5.02 Å². The molecular formula is C25H24ClN3O3. The number of carbonyl (C=O) groups is 1. The lowest BCUT2D eigenvalue weighted by Crippen LogP contribution is -2.57. The predicted molar refractivity (Wildman–Crippen MR) is 128 cm³/mol. The third-order valence-electron chi connectivity index (χ3n) is 6.03. The van der Waals surface area contributed by atoms with Gasteiger partial charge < -0.3 is 14.8 Å². The maximum absolute atomic E-state index is 13.6. The van der Waals surface area contributed by atoms with Crippen molar-refractivity contribution in [2.75, 3.05) is 29.6 Å². The molecule has 2 heterocycles. The Labute approximate surface area is 192 Å². The summed E-state index contributed by atoms with van der Waals surface area (Å²) in [5, 5.41) is 7.79. The Morgan fingerprint density at radius 2 is 1.72 bits per heavy atom. The molecule has 0 radical (unpaired) electrons. The van der Waals surface area contributed by atoms with Gasteiger partial charge >= 0.3 is 0 Å². The number of nitrogens with zero attached hydrogens (tertiary/aromatic N) is 2. The summed E-state index contributed by atoms with van der Waals surface area (Å²) in [4.78, 5) is 13.6. The van der Waals surface area contributed by atoms with Crippen LogP contribution in [0.5, 0.6) is 11.5 Å². The van der Waals surface area contributed by atoms with E-state index in [1.807, 2.05) is 67.4 Å². The zero-order valence-electron chi connectivity index (χ0n) is 18.4. The summed E-state index contributed by atoms with van der Waals surface area (Å²) >= 11 is 6.34. The van der Waals surface area contributed by atoms with Gasteiger partial charge in [-0.1, -0.05) is 29.8 Å². The second-order valence-electron chi connectivity index (χ2n) is 8.43. The topological polar surface area (TPSA) is 54.0 Å². The number of ether oxygens (including phenoxy) is 2. The average molecular weight is 450 g/mol. The number of nitrogens with one attached hydrogen (secondary N) is 1.